The Labute approximate surface area is 113 Å². The molecule has 1 heterocycles. The van der Waals surface area contributed by atoms with Crippen molar-refractivity contribution in [1.29, 1.82) is 0 Å². The molecule has 0 aliphatic rings. The number of rotatable bonds is 6. The molecule has 0 aliphatic heterocycles. The predicted molar refractivity (Wildman–Crippen MR) is 79.8 cm³/mol. The van der Waals surface area contributed by atoms with Crippen LogP contribution < -0.4 is 5.73 Å². The van der Waals surface area contributed by atoms with Crippen LogP contribution in [0.4, 0.5) is 0 Å². The molecule has 0 amide bonds. The molecule has 1 aromatic heterocycles. The number of aryl methyl sites for hydroxylation is 1. The van der Waals surface area contributed by atoms with Crippen molar-refractivity contribution < 1.29 is 0 Å². The third-order valence-electron chi connectivity index (χ3n) is 3.11. The van der Waals surface area contributed by atoms with E-state index in [0.29, 0.717) is 5.25 Å². The second kappa shape index (κ2) is 6.25. The average Bonchev–Trinajstić information content (AvgIpc) is 2.75. The minimum Gasteiger partial charge on any atom is -0.330 e. The summed E-state index contributed by atoms with van der Waals surface area (Å²) in [5, 5.41) is 6.59. The van der Waals surface area contributed by atoms with Crippen molar-refractivity contribution in [1.82, 2.24) is 9.78 Å². The molecule has 2 N–H and O–H groups in total. The zero-order chi connectivity index (χ0) is 13.0. The van der Waals surface area contributed by atoms with Crippen molar-refractivity contribution in [2.75, 3.05) is 6.54 Å². The molecular weight excluding hydrogens is 242 g/mol. The second-order valence-corrected chi connectivity index (χ2v) is 5.91. The van der Waals surface area contributed by atoms with Gasteiger partial charge in [-0.1, -0.05) is 25.1 Å². The molecule has 1 aromatic carbocycles. The lowest BCUT2D eigenvalue weighted by atomic mass is 10.2. The quantitative estimate of drug-likeness (QED) is 0.871. The summed E-state index contributed by atoms with van der Waals surface area (Å²) in [5.74, 6) is 0.967. The van der Waals surface area contributed by atoms with Gasteiger partial charge in [0.15, 0.2) is 0 Å². The van der Waals surface area contributed by atoms with Gasteiger partial charge in [0.2, 0.25) is 0 Å². The predicted octanol–water partition coefficient (Wildman–Crippen LogP) is 3.03. The van der Waals surface area contributed by atoms with Crippen molar-refractivity contribution in [3.63, 3.8) is 0 Å². The Kier molecular flexibility index (Phi) is 4.66. The molecule has 0 saturated heterocycles. The molecule has 0 aliphatic carbocycles. The minimum absolute atomic E-state index is 0.598. The Hall–Kier alpha value is -1.00. The molecule has 3 nitrogen and oxygen atoms in total. The maximum absolute atomic E-state index is 5.58. The molecule has 0 spiro atoms. The molecular formula is C14H21N3S. The van der Waals surface area contributed by atoms with Crippen molar-refractivity contribution >= 4 is 22.7 Å². The van der Waals surface area contributed by atoms with Gasteiger partial charge in [0, 0.05) is 22.9 Å². The van der Waals surface area contributed by atoms with Gasteiger partial charge in [-0.25, -0.2) is 0 Å². The van der Waals surface area contributed by atoms with Gasteiger partial charge in [0.25, 0.3) is 0 Å². The van der Waals surface area contributed by atoms with E-state index in [1.165, 1.54) is 16.6 Å². The third-order valence-corrected chi connectivity index (χ3v) is 4.36. The lowest BCUT2D eigenvalue weighted by Crippen LogP contribution is -2.07. The highest BCUT2D eigenvalue weighted by Gasteiger charge is 2.10. The standard InChI is InChI=1S/C14H21N3S/c1-3-17-14-7-5-4-6-12(14)13(16-17)10-18-11(2)8-9-15/h4-7,11H,3,8-10,15H2,1-2H3. The van der Waals surface area contributed by atoms with Gasteiger partial charge in [-0.15, -0.1) is 0 Å². The normalized spacial score (nSPS) is 13.1. The summed E-state index contributed by atoms with van der Waals surface area (Å²) in [5.41, 5.74) is 8.02. The van der Waals surface area contributed by atoms with Crippen LogP contribution in [0.2, 0.25) is 0 Å². The highest BCUT2D eigenvalue weighted by Crippen LogP contribution is 2.25. The zero-order valence-electron chi connectivity index (χ0n) is 11.1. The maximum atomic E-state index is 5.58. The largest absolute Gasteiger partial charge is 0.330 e. The Balaban J connectivity index is 2.18. The zero-order valence-corrected chi connectivity index (χ0v) is 11.9. The first kappa shape index (κ1) is 13.4. The highest BCUT2D eigenvalue weighted by molar-refractivity contribution is 7.99. The molecule has 0 bridgehead atoms. The van der Waals surface area contributed by atoms with E-state index < -0.39 is 0 Å². The van der Waals surface area contributed by atoms with Crippen molar-refractivity contribution in [2.24, 2.45) is 5.73 Å². The van der Waals surface area contributed by atoms with Crippen molar-refractivity contribution in [3.05, 3.63) is 30.0 Å². The van der Waals surface area contributed by atoms with E-state index in [-0.39, 0.29) is 0 Å². The van der Waals surface area contributed by atoms with Gasteiger partial charge in [0.05, 0.1) is 11.2 Å². The number of benzene rings is 1. The Bertz CT molecular complexity index is 507. The first-order valence-electron chi connectivity index (χ1n) is 6.52. The van der Waals surface area contributed by atoms with E-state index in [1.807, 2.05) is 11.8 Å². The first-order chi connectivity index (χ1) is 8.76. The number of fused-ring (bicyclic) bond motifs is 1. The Morgan fingerprint density at radius 2 is 2.17 bits per heavy atom. The number of thioether (sulfide) groups is 1. The lowest BCUT2D eigenvalue weighted by molar-refractivity contribution is 0.675. The summed E-state index contributed by atoms with van der Waals surface area (Å²) in [6.07, 6.45) is 1.07. The molecule has 98 valence electrons. The molecule has 2 aromatic rings. The van der Waals surface area contributed by atoms with Gasteiger partial charge in [0.1, 0.15) is 0 Å². The minimum atomic E-state index is 0.598. The fraction of sp³-hybridized carbons (Fsp3) is 0.500. The summed E-state index contributed by atoms with van der Waals surface area (Å²) in [4.78, 5) is 0. The molecule has 1 atom stereocenters. The van der Waals surface area contributed by atoms with E-state index in [1.54, 1.807) is 0 Å². The van der Waals surface area contributed by atoms with E-state index in [2.05, 4.69) is 42.8 Å². The number of nitrogens with zero attached hydrogens (tertiary/aromatic N) is 2. The molecule has 0 radical (unpaired) electrons. The fourth-order valence-electron chi connectivity index (χ4n) is 2.08. The smallest absolute Gasteiger partial charge is 0.0802 e. The molecule has 4 heteroatoms. The molecule has 0 saturated carbocycles. The number of hydrogen-bond acceptors (Lipinski definition) is 3. The number of para-hydroxylation sites is 1. The van der Waals surface area contributed by atoms with Gasteiger partial charge >= 0.3 is 0 Å². The summed E-state index contributed by atoms with van der Waals surface area (Å²) in [6, 6.07) is 8.47. The lowest BCUT2D eigenvalue weighted by Gasteiger charge is -2.07. The summed E-state index contributed by atoms with van der Waals surface area (Å²) in [7, 11) is 0. The number of aromatic nitrogens is 2. The van der Waals surface area contributed by atoms with E-state index in [0.717, 1.165) is 25.3 Å². The molecule has 18 heavy (non-hydrogen) atoms. The van der Waals surface area contributed by atoms with Crippen LogP contribution in [0.15, 0.2) is 24.3 Å². The third kappa shape index (κ3) is 2.87. The summed E-state index contributed by atoms with van der Waals surface area (Å²) < 4.78 is 2.08. The van der Waals surface area contributed by atoms with Crippen LogP contribution in [0.25, 0.3) is 10.9 Å². The monoisotopic (exact) mass is 263 g/mol. The van der Waals surface area contributed by atoms with Crippen LogP contribution in [0.1, 0.15) is 26.0 Å². The number of hydrogen-bond donors (Lipinski definition) is 1. The van der Waals surface area contributed by atoms with Gasteiger partial charge < -0.3 is 5.73 Å². The van der Waals surface area contributed by atoms with Crippen LogP contribution in [0, 0.1) is 0 Å². The van der Waals surface area contributed by atoms with Gasteiger partial charge in [-0.05, 0) is 26.0 Å². The summed E-state index contributed by atoms with van der Waals surface area (Å²) in [6.45, 7) is 6.05. The summed E-state index contributed by atoms with van der Waals surface area (Å²) >= 11 is 1.94. The molecule has 0 fully saturated rings. The maximum Gasteiger partial charge on any atom is 0.0802 e. The van der Waals surface area contributed by atoms with E-state index in [9.17, 15) is 0 Å². The van der Waals surface area contributed by atoms with E-state index >= 15 is 0 Å². The van der Waals surface area contributed by atoms with Crippen molar-refractivity contribution in [2.45, 2.75) is 37.8 Å². The van der Waals surface area contributed by atoms with Gasteiger partial charge in [-0.2, -0.15) is 16.9 Å². The number of nitrogens with two attached hydrogens (primary N) is 1. The Morgan fingerprint density at radius 3 is 2.89 bits per heavy atom. The van der Waals surface area contributed by atoms with Crippen molar-refractivity contribution in [3.8, 4) is 0 Å². The average molecular weight is 263 g/mol. The highest BCUT2D eigenvalue weighted by atomic mass is 32.2. The van der Waals surface area contributed by atoms with Crippen LogP contribution >= 0.6 is 11.8 Å². The topological polar surface area (TPSA) is 43.8 Å². The van der Waals surface area contributed by atoms with Crippen LogP contribution in [0.5, 0.6) is 0 Å². The van der Waals surface area contributed by atoms with E-state index in [4.69, 9.17) is 10.8 Å². The Morgan fingerprint density at radius 1 is 1.39 bits per heavy atom. The molecule has 1 unspecified atom stereocenters. The van der Waals surface area contributed by atoms with Crippen LogP contribution in [-0.2, 0) is 12.3 Å². The van der Waals surface area contributed by atoms with Gasteiger partial charge in [-0.3, -0.25) is 4.68 Å². The second-order valence-electron chi connectivity index (χ2n) is 4.48. The fourth-order valence-corrected chi connectivity index (χ4v) is 3.04. The van der Waals surface area contributed by atoms with Crippen LogP contribution in [-0.4, -0.2) is 21.6 Å². The SMILES string of the molecule is CCn1nc(CSC(C)CCN)c2ccccc21. The first-order valence-corrected chi connectivity index (χ1v) is 7.57. The van der Waals surface area contributed by atoms with Crippen LogP contribution in [0.3, 0.4) is 0 Å². The molecule has 2 rings (SSSR count).